The van der Waals surface area contributed by atoms with Crippen molar-refractivity contribution >= 4 is 92.1 Å². The third-order valence-electron chi connectivity index (χ3n) is 9.43. The minimum absolute atomic E-state index is 0.919. The number of hydrogen-bond donors (Lipinski definition) is 0. The molecule has 2 aromatic heterocycles. The maximum Gasteiger partial charge on any atom is 0.136 e. The average Bonchev–Trinajstić information content (AvgIpc) is 3.69. The number of furan rings is 1. The molecule has 47 heavy (non-hydrogen) atoms. The summed E-state index contributed by atoms with van der Waals surface area (Å²) >= 11 is 1.86. The highest BCUT2D eigenvalue weighted by molar-refractivity contribution is 7.26. The van der Waals surface area contributed by atoms with E-state index >= 15 is 0 Å². The van der Waals surface area contributed by atoms with E-state index in [0.29, 0.717) is 0 Å². The molecule has 0 unspecified atom stereocenters. The van der Waals surface area contributed by atoms with Crippen molar-refractivity contribution < 1.29 is 4.42 Å². The van der Waals surface area contributed by atoms with E-state index in [1.165, 1.54) is 53.1 Å². The second kappa shape index (κ2) is 10.3. The van der Waals surface area contributed by atoms with Crippen molar-refractivity contribution in [3.63, 3.8) is 0 Å². The molecule has 3 heteroatoms. The summed E-state index contributed by atoms with van der Waals surface area (Å²) in [5.41, 5.74) is 7.70. The number of nitrogens with zero attached hydrogens (tertiary/aromatic N) is 1. The Morgan fingerprint density at radius 3 is 2.06 bits per heavy atom. The Hall–Kier alpha value is -5.90. The first-order valence-electron chi connectivity index (χ1n) is 15.9. The molecule has 0 fully saturated rings. The Kier molecular flexibility index (Phi) is 5.78. The van der Waals surface area contributed by atoms with Gasteiger partial charge in [-0.2, -0.15) is 0 Å². The Morgan fingerprint density at radius 2 is 1.15 bits per heavy atom. The molecule has 220 valence electrons. The van der Waals surface area contributed by atoms with Gasteiger partial charge >= 0.3 is 0 Å². The number of hydrogen-bond acceptors (Lipinski definition) is 3. The van der Waals surface area contributed by atoms with Crippen LogP contribution in [-0.2, 0) is 0 Å². The molecule has 2 heterocycles. The Bertz CT molecular complexity index is 2800. The summed E-state index contributed by atoms with van der Waals surface area (Å²) in [5.74, 6) is 0. The lowest BCUT2D eigenvalue weighted by Gasteiger charge is -2.26. The van der Waals surface area contributed by atoms with Crippen LogP contribution in [0.25, 0.3) is 74.8 Å². The predicted molar refractivity (Wildman–Crippen MR) is 202 cm³/mol. The van der Waals surface area contributed by atoms with E-state index in [2.05, 4.69) is 157 Å². The molecule has 0 aliphatic rings. The number of anilines is 3. The molecule has 0 spiro atoms. The van der Waals surface area contributed by atoms with Gasteiger partial charge in [0.05, 0.1) is 10.4 Å². The zero-order valence-corrected chi connectivity index (χ0v) is 26.2. The average molecular weight is 618 g/mol. The summed E-state index contributed by atoms with van der Waals surface area (Å²) in [5, 5.41) is 9.73. The molecule has 0 N–H and O–H groups in total. The van der Waals surface area contributed by atoms with Crippen LogP contribution in [0.2, 0.25) is 0 Å². The topological polar surface area (TPSA) is 16.4 Å². The lowest BCUT2D eigenvalue weighted by atomic mass is 9.98. The van der Waals surface area contributed by atoms with Crippen molar-refractivity contribution in [3.8, 4) is 11.1 Å². The molecular weight excluding hydrogens is 591 g/mol. The fraction of sp³-hybridized carbons (Fsp3) is 0. The first kappa shape index (κ1) is 26.3. The van der Waals surface area contributed by atoms with Crippen LogP contribution in [0.5, 0.6) is 0 Å². The predicted octanol–water partition coefficient (Wildman–Crippen LogP) is 13.4. The Morgan fingerprint density at radius 1 is 0.426 bits per heavy atom. The molecular formula is C44H27NOS. The van der Waals surface area contributed by atoms with Crippen LogP contribution >= 0.6 is 11.3 Å². The van der Waals surface area contributed by atoms with E-state index in [9.17, 15) is 0 Å². The molecule has 8 aromatic carbocycles. The van der Waals surface area contributed by atoms with Gasteiger partial charge in [0.15, 0.2) is 0 Å². The molecule has 2 nitrogen and oxygen atoms in total. The van der Waals surface area contributed by atoms with Crippen LogP contribution in [0.15, 0.2) is 168 Å². The Balaban J connectivity index is 1.18. The summed E-state index contributed by atoms with van der Waals surface area (Å²) < 4.78 is 8.80. The maximum absolute atomic E-state index is 6.22. The summed E-state index contributed by atoms with van der Waals surface area (Å²) in [6.45, 7) is 0. The summed E-state index contributed by atoms with van der Waals surface area (Å²) in [6.07, 6.45) is 0. The third-order valence-corrected chi connectivity index (χ3v) is 10.6. The largest absolute Gasteiger partial charge is 0.456 e. The highest BCUT2D eigenvalue weighted by atomic mass is 32.1. The highest BCUT2D eigenvalue weighted by Crippen LogP contribution is 2.46. The highest BCUT2D eigenvalue weighted by Gasteiger charge is 2.19. The van der Waals surface area contributed by atoms with Gasteiger partial charge in [-0.1, -0.05) is 109 Å². The summed E-state index contributed by atoms with van der Waals surface area (Å²) in [7, 11) is 0. The molecule has 10 aromatic rings. The zero-order chi connectivity index (χ0) is 30.9. The van der Waals surface area contributed by atoms with E-state index < -0.39 is 0 Å². The molecule has 0 aliphatic heterocycles. The van der Waals surface area contributed by atoms with Gasteiger partial charge in [-0.15, -0.1) is 11.3 Å². The van der Waals surface area contributed by atoms with Crippen LogP contribution in [0, 0.1) is 0 Å². The molecule has 0 saturated carbocycles. The van der Waals surface area contributed by atoms with Crippen LogP contribution in [0.4, 0.5) is 17.1 Å². The van der Waals surface area contributed by atoms with E-state index in [-0.39, 0.29) is 0 Å². The van der Waals surface area contributed by atoms with Crippen molar-refractivity contribution in [1.82, 2.24) is 0 Å². The van der Waals surface area contributed by atoms with Gasteiger partial charge in [-0.3, -0.25) is 0 Å². The van der Waals surface area contributed by atoms with Crippen molar-refractivity contribution in [2.75, 3.05) is 4.90 Å². The number of thiophene rings is 1. The normalized spacial score (nSPS) is 11.8. The monoisotopic (exact) mass is 617 g/mol. The maximum atomic E-state index is 6.22. The summed E-state index contributed by atoms with van der Waals surface area (Å²) in [6, 6.07) is 59.2. The van der Waals surface area contributed by atoms with Gasteiger partial charge in [0.1, 0.15) is 11.2 Å². The number of rotatable bonds is 4. The number of fused-ring (bicyclic) bond motifs is 8. The Labute approximate surface area is 275 Å². The van der Waals surface area contributed by atoms with Crippen molar-refractivity contribution in [1.29, 1.82) is 0 Å². The minimum Gasteiger partial charge on any atom is -0.456 e. The molecule has 0 amide bonds. The molecule has 10 rings (SSSR count). The lowest BCUT2D eigenvalue weighted by molar-refractivity contribution is 0.669. The van der Waals surface area contributed by atoms with E-state index in [1.807, 2.05) is 23.5 Å². The summed E-state index contributed by atoms with van der Waals surface area (Å²) in [4.78, 5) is 2.42. The fourth-order valence-electron chi connectivity index (χ4n) is 7.20. The lowest BCUT2D eigenvalue weighted by Crippen LogP contribution is -2.10. The first-order chi connectivity index (χ1) is 23.3. The second-order valence-corrected chi connectivity index (χ2v) is 13.2. The van der Waals surface area contributed by atoms with Gasteiger partial charge in [-0.05, 0) is 87.3 Å². The standard InChI is InChI=1S/C44H27NOS/c1-2-11-34-28(9-1)10-7-14-35(34)29-19-22-32(23-20-29)45(40-16-8-15-38-37-13-4-6-18-43(37)47-44(38)40)33-24-21-30-27-42-39(26-31(30)25-33)36-12-3-5-17-41(36)46-42/h1-27H. The molecule has 0 aliphatic carbocycles. The van der Waals surface area contributed by atoms with Gasteiger partial charge < -0.3 is 9.32 Å². The minimum atomic E-state index is 0.919. The van der Waals surface area contributed by atoms with Crippen LogP contribution < -0.4 is 4.90 Å². The van der Waals surface area contributed by atoms with Gasteiger partial charge in [0.25, 0.3) is 0 Å². The van der Waals surface area contributed by atoms with Gasteiger partial charge in [0, 0.05) is 37.6 Å². The third kappa shape index (κ3) is 4.17. The molecule has 0 saturated heterocycles. The first-order valence-corrected chi connectivity index (χ1v) is 16.7. The SMILES string of the molecule is c1ccc2c(-c3ccc(N(c4ccc5cc6oc7ccccc7c6cc5c4)c4cccc5c4sc4ccccc45)cc3)cccc2c1. The van der Waals surface area contributed by atoms with Crippen molar-refractivity contribution in [3.05, 3.63) is 164 Å². The fourth-order valence-corrected chi connectivity index (χ4v) is 8.40. The number of benzene rings is 8. The van der Waals surface area contributed by atoms with Crippen LogP contribution in [0.3, 0.4) is 0 Å². The van der Waals surface area contributed by atoms with E-state index in [4.69, 9.17) is 4.42 Å². The molecule has 0 radical (unpaired) electrons. The van der Waals surface area contributed by atoms with Gasteiger partial charge in [0.2, 0.25) is 0 Å². The smallest absolute Gasteiger partial charge is 0.136 e. The quantitative estimate of drug-likeness (QED) is 0.195. The number of para-hydroxylation sites is 1. The van der Waals surface area contributed by atoms with E-state index in [0.717, 1.165) is 38.7 Å². The van der Waals surface area contributed by atoms with Crippen LogP contribution in [-0.4, -0.2) is 0 Å². The zero-order valence-electron chi connectivity index (χ0n) is 25.4. The van der Waals surface area contributed by atoms with E-state index in [1.54, 1.807) is 0 Å². The van der Waals surface area contributed by atoms with Crippen LogP contribution in [0.1, 0.15) is 0 Å². The second-order valence-electron chi connectivity index (χ2n) is 12.1. The molecule has 0 atom stereocenters. The van der Waals surface area contributed by atoms with Gasteiger partial charge in [-0.25, -0.2) is 0 Å². The van der Waals surface area contributed by atoms with Crippen molar-refractivity contribution in [2.24, 2.45) is 0 Å². The van der Waals surface area contributed by atoms with Crippen molar-refractivity contribution in [2.45, 2.75) is 0 Å². The molecule has 0 bridgehead atoms.